The molecule has 12 nitrogen and oxygen atoms in total. The van der Waals surface area contributed by atoms with Crippen LogP contribution >= 0.6 is 0 Å². The lowest BCUT2D eigenvalue weighted by atomic mass is 10.1. The van der Waals surface area contributed by atoms with E-state index in [0.717, 1.165) is 0 Å². The van der Waals surface area contributed by atoms with E-state index < -0.39 is 17.5 Å². The number of hydrazone groups is 1. The number of carboxylic acids is 2. The second kappa shape index (κ2) is 10.2. The van der Waals surface area contributed by atoms with Gasteiger partial charge >= 0.3 is 11.9 Å². The average molecular weight is 484 g/mol. The minimum atomic E-state index is -1.22. The van der Waals surface area contributed by atoms with Crippen LogP contribution in [0, 0.1) is 0 Å². The lowest BCUT2D eigenvalue weighted by Gasteiger charge is -2.08. The van der Waals surface area contributed by atoms with E-state index in [-0.39, 0.29) is 45.2 Å². The summed E-state index contributed by atoms with van der Waals surface area (Å²) in [4.78, 5) is 53.4. The van der Waals surface area contributed by atoms with Crippen molar-refractivity contribution in [2.45, 2.75) is 0 Å². The van der Waals surface area contributed by atoms with E-state index in [1.807, 2.05) is 0 Å². The van der Waals surface area contributed by atoms with E-state index in [4.69, 9.17) is 0 Å². The number of aldehydes is 1. The van der Waals surface area contributed by atoms with Gasteiger partial charge in [0.05, 0.1) is 16.8 Å². The van der Waals surface area contributed by atoms with Crippen LogP contribution < -0.4 is 11.0 Å². The van der Waals surface area contributed by atoms with Crippen LogP contribution in [0.1, 0.15) is 36.8 Å². The first kappa shape index (κ1) is 23.6. The molecular formula is C24H16N6O6. The maximum absolute atomic E-state index is 11.8. The number of fused-ring (bicyclic) bond motifs is 1. The molecule has 4 aromatic rings. The molecule has 0 aliphatic heterocycles. The second-order valence-corrected chi connectivity index (χ2v) is 7.22. The number of azo groups is 1. The normalized spacial score (nSPS) is 11.5. The van der Waals surface area contributed by atoms with Gasteiger partial charge in [0.1, 0.15) is 17.0 Å². The van der Waals surface area contributed by atoms with Crippen molar-refractivity contribution in [1.82, 2.24) is 9.97 Å². The van der Waals surface area contributed by atoms with Crippen LogP contribution in [0.5, 0.6) is 0 Å². The predicted octanol–water partition coefficient (Wildman–Crippen LogP) is 3.69. The largest absolute Gasteiger partial charge is 0.478 e. The van der Waals surface area contributed by atoms with Crippen molar-refractivity contribution >= 4 is 46.5 Å². The highest BCUT2D eigenvalue weighted by atomic mass is 16.4. The van der Waals surface area contributed by atoms with Crippen LogP contribution in [-0.2, 0) is 0 Å². The summed E-state index contributed by atoms with van der Waals surface area (Å²) in [6.45, 7) is 0. The minimum Gasteiger partial charge on any atom is -0.478 e. The molecule has 4 N–H and O–H groups in total. The van der Waals surface area contributed by atoms with E-state index in [0.29, 0.717) is 11.7 Å². The van der Waals surface area contributed by atoms with E-state index in [1.165, 1.54) is 48.5 Å². The Balaban J connectivity index is 1.87. The fraction of sp³-hybridized carbons (Fsp3) is 0. The molecule has 0 unspecified atom stereocenters. The molecule has 0 spiro atoms. The van der Waals surface area contributed by atoms with Gasteiger partial charge in [-0.1, -0.05) is 24.3 Å². The number of benzene rings is 2. The number of hydrogen-bond acceptors (Lipinski definition) is 8. The van der Waals surface area contributed by atoms with Gasteiger partial charge in [-0.05, 0) is 36.4 Å². The Morgan fingerprint density at radius 2 is 1.64 bits per heavy atom. The molecular weight excluding hydrogens is 468 g/mol. The Labute approximate surface area is 201 Å². The Morgan fingerprint density at radius 1 is 0.944 bits per heavy atom. The van der Waals surface area contributed by atoms with Gasteiger partial charge in [-0.25, -0.2) is 14.6 Å². The Morgan fingerprint density at radius 3 is 2.36 bits per heavy atom. The standard InChI is InChI=1S/C24H16N6O6/c31-12-13-11-19(25-21-14(13)9-10-20(32)26-21)22(29-27-17-7-3-1-5-15(17)23(33)34)30-28-18-8-4-2-6-16(18)24(35)36/h1-12,27H,(H,33,34)(H,35,36)(H,25,26,32). The summed E-state index contributed by atoms with van der Waals surface area (Å²) < 4.78 is 0. The zero-order valence-corrected chi connectivity index (χ0v) is 18.2. The van der Waals surface area contributed by atoms with Crippen molar-refractivity contribution in [2.24, 2.45) is 15.3 Å². The fourth-order valence-electron chi connectivity index (χ4n) is 3.23. The zero-order chi connectivity index (χ0) is 25.7. The van der Waals surface area contributed by atoms with E-state index in [2.05, 4.69) is 30.7 Å². The van der Waals surface area contributed by atoms with Crippen LogP contribution in [0.3, 0.4) is 0 Å². The molecule has 2 aromatic heterocycles. The molecule has 12 heteroatoms. The summed E-state index contributed by atoms with van der Waals surface area (Å²) >= 11 is 0. The summed E-state index contributed by atoms with van der Waals surface area (Å²) in [5.74, 6) is -2.64. The smallest absolute Gasteiger partial charge is 0.337 e. The summed E-state index contributed by atoms with van der Waals surface area (Å²) in [7, 11) is 0. The van der Waals surface area contributed by atoms with E-state index in [9.17, 15) is 29.4 Å². The topological polar surface area (TPSA) is 187 Å². The van der Waals surface area contributed by atoms with Crippen LogP contribution in [0.4, 0.5) is 11.4 Å². The number of aromatic amines is 1. The molecule has 178 valence electrons. The Hall–Kier alpha value is -5.52. The zero-order valence-electron chi connectivity index (χ0n) is 18.2. The average Bonchev–Trinajstić information content (AvgIpc) is 2.88. The highest BCUT2D eigenvalue weighted by molar-refractivity contribution is 6.04. The number of anilines is 1. The molecule has 2 aromatic carbocycles. The van der Waals surface area contributed by atoms with Crippen molar-refractivity contribution in [3.05, 3.63) is 99.5 Å². The number of nitrogens with zero attached hydrogens (tertiary/aromatic N) is 4. The van der Waals surface area contributed by atoms with Gasteiger partial charge in [-0.15, -0.1) is 10.2 Å². The van der Waals surface area contributed by atoms with Crippen LogP contribution in [0.2, 0.25) is 0 Å². The maximum Gasteiger partial charge on any atom is 0.337 e. The first-order chi connectivity index (χ1) is 17.4. The first-order valence-corrected chi connectivity index (χ1v) is 10.3. The Bertz CT molecular complexity index is 1630. The van der Waals surface area contributed by atoms with E-state index >= 15 is 0 Å². The summed E-state index contributed by atoms with van der Waals surface area (Å²) in [5.41, 5.74) is 2.38. The van der Waals surface area contributed by atoms with Gasteiger partial charge in [-0.2, -0.15) is 5.10 Å². The van der Waals surface area contributed by atoms with Crippen LogP contribution in [0.15, 0.2) is 86.9 Å². The molecule has 0 bridgehead atoms. The fourth-order valence-corrected chi connectivity index (χ4v) is 3.23. The van der Waals surface area contributed by atoms with Crippen molar-refractivity contribution < 1.29 is 24.6 Å². The third kappa shape index (κ3) is 5.02. The number of aromatic carboxylic acids is 2. The summed E-state index contributed by atoms with van der Waals surface area (Å²) in [6, 6.07) is 15.9. The number of amidine groups is 1. The minimum absolute atomic E-state index is 0.00307. The lowest BCUT2D eigenvalue weighted by Crippen LogP contribution is -2.10. The van der Waals surface area contributed by atoms with Crippen LogP contribution in [0.25, 0.3) is 11.0 Å². The Kier molecular flexibility index (Phi) is 6.68. The number of hydrogen-bond donors (Lipinski definition) is 4. The number of carboxylic acid groups (broad SMARTS) is 2. The predicted molar refractivity (Wildman–Crippen MR) is 129 cm³/mol. The number of rotatable bonds is 7. The molecule has 0 atom stereocenters. The number of H-pyrrole nitrogens is 1. The second-order valence-electron chi connectivity index (χ2n) is 7.22. The molecule has 0 aliphatic rings. The molecule has 4 rings (SSSR count). The number of pyridine rings is 2. The highest BCUT2D eigenvalue weighted by Gasteiger charge is 2.14. The monoisotopic (exact) mass is 484 g/mol. The van der Waals surface area contributed by atoms with Gasteiger partial charge < -0.3 is 15.2 Å². The molecule has 0 radical (unpaired) electrons. The third-order valence-electron chi connectivity index (χ3n) is 4.92. The molecule has 0 saturated carbocycles. The lowest BCUT2D eigenvalue weighted by molar-refractivity contribution is 0.0687. The van der Waals surface area contributed by atoms with Gasteiger partial charge in [-0.3, -0.25) is 15.0 Å². The molecule has 0 amide bonds. The maximum atomic E-state index is 11.8. The molecule has 0 saturated heterocycles. The third-order valence-corrected chi connectivity index (χ3v) is 4.92. The number of carbonyl (C=O) groups is 3. The van der Waals surface area contributed by atoms with Crippen molar-refractivity contribution in [1.29, 1.82) is 0 Å². The quantitative estimate of drug-likeness (QED) is 0.100. The first-order valence-electron chi connectivity index (χ1n) is 10.3. The van der Waals surface area contributed by atoms with Gasteiger partial charge in [0.2, 0.25) is 11.4 Å². The van der Waals surface area contributed by atoms with Crippen LogP contribution in [-0.4, -0.2) is 44.2 Å². The SMILES string of the molecule is O=Cc1cc(C(N=Nc2ccccc2C(=O)O)=NNc2ccccc2C(=O)O)nc2[nH]c(=O)ccc12. The number of para-hydroxylation sites is 1. The molecule has 36 heavy (non-hydrogen) atoms. The van der Waals surface area contributed by atoms with Gasteiger partial charge in [0.15, 0.2) is 6.29 Å². The number of carbonyl (C=O) groups excluding carboxylic acids is 1. The van der Waals surface area contributed by atoms with E-state index in [1.54, 1.807) is 18.2 Å². The highest BCUT2D eigenvalue weighted by Crippen LogP contribution is 2.21. The van der Waals surface area contributed by atoms with Gasteiger partial charge in [0, 0.05) is 17.0 Å². The van der Waals surface area contributed by atoms with Crippen molar-refractivity contribution in [2.75, 3.05) is 5.43 Å². The van der Waals surface area contributed by atoms with Crippen molar-refractivity contribution in [3.8, 4) is 0 Å². The van der Waals surface area contributed by atoms with Crippen molar-refractivity contribution in [3.63, 3.8) is 0 Å². The molecule has 0 aliphatic carbocycles. The number of nitrogens with one attached hydrogen (secondary N) is 2. The summed E-state index contributed by atoms with van der Waals surface area (Å²) in [5, 5.41) is 31.4. The molecule has 2 heterocycles. The number of aromatic nitrogens is 2. The summed E-state index contributed by atoms with van der Waals surface area (Å²) in [6.07, 6.45) is 0.563. The molecule has 0 fully saturated rings. The van der Waals surface area contributed by atoms with Gasteiger partial charge in [0.25, 0.3) is 0 Å².